The summed E-state index contributed by atoms with van der Waals surface area (Å²) in [4.78, 5) is 36.7. The van der Waals surface area contributed by atoms with Crippen molar-refractivity contribution in [2.45, 2.75) is 90.0 Å². The maximum Gasteiger partial charge on any atom is 0.457 e. The Hall–Kier alpha value is -2.46. The normalized spacial score (nSPS) is 20.0. The monoisotopic (exact) mass is 460 g/mol. The molecule has 0 spiro atoms. The molecule has 1 saturated carbocycles. The molecule has 180 valence electrons. The van der Waals surface area contributed by atoms with Gasteiger partial charge in [0.25, 0.3) is 5.69 Å². The summed E-state index contributed by atoms with van der Waals surface area (Å²) in [6.45, 7) is 8.53. The molecule has 2 fully saturated rings. The number of ketones is 1. The SMILES string of the molecule is CC1(C)OB(CCCN(C(=O)OCc2ccc([N+](=O)[O-])cc2)C2CCC(=O)CC2)OC1(C)C. The van der Waals surface area contributed by atoms with Crippen molar-refractivity contribution in [1.29, 1.82) is 0 Å². The number of non-ortho nitro benzene ring substituents is 1. The minimum Gasteiger partial charge on any atom is -0.445 e. The Kier molecular flexibility index (Phi) is 7.79. The molecule has 0 unspecified atom stereocenters. The zero-order valence-electron chi connectivity index (χ0n) is 19.9. The highest BCUT2D eigenvalue weighted by molar-refractivity contribution is 6.45. The maximum absolute atomic E-state index is 13.0. The number of Topliss-reactive ketones (excluding diaryl/α,β-unsaturated/α-hetero) is 1. The molecule has 1 aromatic carbocycles. The van der Waals surface area contributed by atoms with Crippen molar-refractivity contribution in [3.05, 3.63) is 39.9 Å². The van der Waals surface area contributed by atoms with Gasteiger partial charge in [-0.3, -0.25) is 14.9 Å². The Labute approximate surface area is 195 Å². The van der Waals surface area contributed by atoms with Crippen molar-refractivity contribution >= 4 is 24.7 Å². The van der Waals surface area contributed by atoms with Crippen molar-refractivity contribution in [1.82, 2.24) is 4.90 Å². The van der Waals surface area contributed by atoms with Crippen LogP contribution in [-0.2, 0) is 25.4 Å². The van der Waals surface area contributed by atoms with E-state index < -0.39 is 22.2 Å². The van der Waals surface area contributed by atoms with E-state index in [1.54, 1.807) is 17.0 Å². The average Bonchev–Trinajstić information content (AvgIpc) is 2.96. The summed E-state index contributed by atoms with van der Waals surface area (Å²) in [6, 6.07) is 5.88. The number of benzene rings is 1. The zero-order valence-corrected chi connectivity index (χ0v) is 19.9. The molecule has 1 aromatic rings. The number of hydrogen-bond acceptors (Lipinski definition) is 7. The fraction of sp³-hybridized carbons (Fsp3) is 0.652. The largest absolute Gasteiger partial charge is 0.457 e. The van der Waals surface area contributed by atoms with E-state index in [4.69, 9.17) is 14.0 Å². The van der Waals surface area contributed by atoms with E-state index >= 15 is 0 Å². The zero-order chi connectivity index (χ0) is 24.2. The summed E-state index contributed by atoms with van der Waals surface area (Å²) in [5, 5.41) is 10.8. The predicted octanol–water partition coefficient (Wildman–Crippen LogP) is 4.53. The van der Waals surface area contributed by atoms with Crippen LogP contribution in [0.1, 0.15) is 65.4 Å². The molecule has 1 amide bonds. The van der Waals surface area contributed by atoms with Crippen LogP contribution in [0, 0.1) is 10.1 Å². The van der Waals surface area contributed by atoms with Crippen LogP contribution in [-0.4, -0.2) is 52.6 Å². The van der Waals surface area contributed by atoms with Crippen LogP contribution in [0.15, 0.2) is 24.3 Å². The molecule has 3 rings (SSSR count). The molecular weight excluding hydrogens is 427 g/mol. The Morgan fingerprint density at radius 2 is 1.73 bits per heavy atom. The van der Waals surface area contributed by atoms with Gasteiger partial charge in [0.1, 0.15) is 12.4 Å². The van der Waals surface area contributed by atoms with E-state index in [1.807, 2.05) is 27.7 Å². The third-order valence-corrected chi connectivity index (χ3v) is 6.84. The number of rotatable bonds is 8. The number of ether oxygens (including phenoxy) is 1. The molecular formula is C23H33BN2O7. The smallest absolute Gasteiger partial charge is 0.445 e. The summed E-state index contributed by atoms with van der Waals surface area (Å²) >= 11 is 0. The van der Waals surface area contributed by atoms with E-state index in [1.165, 1.54) is 12.1 Å². The van der Waals surface area contributed by atoms with Gasteiger partial charge in [-0.2, -0.15) is 0 Å². The average molecular weight is 460 g/mol. The van der Waals surface area contributed by atoms with Crippen LogP contribution in [0.3, 0.4) is 0 Å². The first-order valence-electron chi connectivity index (χ1n) is 11.5. The van der Waals surface area contributed by atoms with Gasteiger partial charge < -0.3 is 18.9 Å². The van der Waals surface area contributed by atoms with E-state index in [-0.39, 0.29) is 31.2 Å². The summed E-state index contributed by atoms with van der Waals surface area (Å²) in [5.74, 6) is 0.225. The molecule has 0 atom stereocenters. The number of nitro benzene ring substituents is 1. The van der Waals surface area contributed by atoms with Gasteiger partial charge in [-0.25, -0.2) is 4.79 Å². The van der Waals surface area contributed by atoms with Gasteiger partial charge in [-0.1, -0.05) is 0 Å². The second-order valence-electron chi connectivity index (χ2n) is 9.77. The summed E-state index contributed by atoms with van der Waals surface area (Å²) < 4.78 is 17.6. The molecule has 1 aliphatic carbocycles. The summed E-state index contributed by atoms with van der Waals surface area (Å²) in [6.07, 6.45) is 3.06. The molecule has 10 heteroatoms. The first-order valence-corrected chi connectivity index (χ1v) is 11.5. The second kappa shape index (κ2) is 10.2. The Balaban J connectivity index is 1.57. The molecule has 0 N–H and O–H groups in total. The number of amides is 1. The molecule has 2 aliphatic rings. The van der Waals surface area contributed by atoms with Crippen molar-refractivity contribution < 1.29 is 28.6 Å². The predicted molar refractivity (Wildman–Crippen MR) is 123 cm³/mol. The minimum atomic E-state index is -0.470. The van der Waals surface area contributed by atoms with Crippen LogP contribution in [0.2, 0.25) is 6.32 Å². The molecule has 9 nitrogen and oxygen atoms in total. The first kappa shape index (κ1) is 25.2. The fourth-order valence-corrected chi connectivity index (χ4v) is 4.11. The minimum absolute atomic E-state index is 0.0127. The first-order chi connectivity index (χ1) is 15.5. The summed E-state index contributed by atoms with van der Waals surface area (Å²) in [7, 11) is -0.332. The van der Waals surface area contributed by atoms with Crippen LogP contribution in [0.4, 0.5) is 10.5 Å². The van der Waals surface area contributed by atoms with Gasteiger partial charge >= 0.3 is 13.2 Å². The third kappa shape index (κ3) is 6.32. The molecule has 1 heterocycles. The van der Waals surface area contributed by atoms with Crippen molar-refractivity contribution in [3.8, 4) is 0 Å². The van der Waals surface area contributed by atoms with Crippen LogP contribution >= 0.6 is 0 Å². The second-order valence-corrected chi connectivity index (χ2v) is 9.77. The third-order valence-electron chi connectivity index (χ3n) is 6.84. The van der Waals surface area contributed by atoms with Crippen molar-refractivity contribution in [2.24, 2.45) is 0 Å². The van der Waals surface area contributed by atoms with Gasteiger partial charge in [0.2, 0.25) is 0 Å². The van der Waals surface area contributed by atoms with Crippen LogP contribution in [0.25, 0.3) is 0 Å². The van der Waals surface area contributed by atoms with E-state index in [9.17, 15) is 19.7 Å². The number of hydrogen-bond donors (Lipinski definition) is 0. The van der Waals surface area contributed by atoms with Crippen LogP contribution < -0.4 is 0 Å². The molecule has 0 aromatic heterocycles. The Morgan fingerprint density at radius 1 is 1.15 bits per heavy atom. The number of nitrogens with zero attached hydrogens (tertiary/aromatic N) is 2. The molecule has 1 aliphatic heterocycles. The Bertz CT molecular complexity index is 846. The lowest BCUT2D eigenvalue weighted by atomic mass is 9.83. The van der Waals surface area contributed by atoms with Gasteiger partial charge in [-0.05, 0) is 71.0 Å². The molecule has 33 heavy (non-hydrogen) atoms. The topological polar surface area (TPSA) is 108 Å². The van der Waals surface area contributed by atoms with Gasteiger partial charge in [-0.15, -0.1) is 0 Å². The standard InChI is InChI=1S/C23H33BN2O7/c1-22(2)23(3,4)33-24(32-22)14-5-15-25(18-10-12-20(27)13-11-18)21(28)31-16-17-6-8-19(9-7-17)26(29)30/h6-9,18H,5,10-16H2,1-4H3. The molecule has 0 bridgehead atoms. The van der Waals surface area contributed by atoms with Crippen LogP contribution in [0.5, 0.6) is 0 Å². The lowest BCUT2D eigenvalue weighted by Gasteiger charge is -2.33. The number of nitro groups is 1. The fourth-order valence-electron chi connectivity index (χ4n) is 4.11. The van der Waals surface area contributed by atoms with Crippen molar-refractivity contribution in [2.75, 3.05) is 6.54 Å². The van der Waals surface area contributed by atoms with E-state index in [2.05, 4.69) is 0 Å². The van der Waals surface area contributed by atoms with Gasteiger partial charge in [0, 0.05) is 37.6 Å². The number of carbonyl (C=O) groups excluding carboxylic acids is 2. The number of carbonyl (C=O) groups is 2. The quantitative estimate of drug-likeness (QED) is 0.319. The van der Waals surface area contributed by atoms with Gasteiger partial charge in [0.05, 0.1) is 16.1 Å². The molecule has 1 saturated heterocycles. The van der Waals surface area contributed by atoms with Crippen molar-refractivity contribution in [3.63, 3.8) is 0 Å². The summed E-state index contributed by atoms with van der Waals surface area (Å²) in [5.41, 5.74) is -0.138. The Morgan fingerprint density at radius 3 is 2.27 bits per heavy atom. The van der Waals surface area contributed by atoms with E-state index in [0.29, 0.717) is 50.5 Å². The highest BCUT2D eigenvalue weighted by Gasteiger charge is 2.50. The lowest BCUT2D eigenvalue weighted by molar-refractivity contribution is -0.384. The molecule has 0 radical (unpaired) electrons. The maximum atomic E-state index is 13.0. The van der Waals surface area contributed by atoms with E-state index in [0.717, 1.165) is 0 Å². The highest BCUT2D eigenvalue weighted by atomic mass is 16.7. The lowest BCUT2D eigenvalue weighted by Crippen LogP contribution is -2.43. The highest BCUT2D eigenvalue weighted by Crippen LogP contribution is 2.38. The van der Waals surface area contributed by atoms with Gasteiger partial charge in [0.15, 0.2) is 0 Å².